The van der Waals surface area contributed by atoms with Gasteiger partial charge >= 0.3 is 5.97 Å². The van der Waals surface area contributed by atoms with Gasteiger partial charge in [0.15, 0.2) is 12.4 Å². The van der Waals surface area contributed by atoms with E-state index >= 15 is 0 Å². The standard InChI is InChI=1S/C26H26Cl2N2O5/c27-20-12-9-17(13-21(20)28)23(31)15-35-26(34)16-7-10-19(11-8-16)30-24(32)14-22(25(30)33)29-18-5-3-1-2-4-6-18/h7-13,18,22,29H,1-6,14-15H2. The summed E-state index contributed by atoms with van der Waals surface area (Å²) < 4.78 is 5.11. The summed E-state index contributed by atoms with van der Waals surface area (Å²) >= 11 is 11.8. The fourth-order valence-electron chi connectivity index (χ4n) is 4.48. The van der Waals surface area contributed by atoms with E-state index in [9.17, 15) is 19.2 Å². The van der Waals surface area contributed by atoms with E-state index < -0.39 is 24.4 Å². The van der Waals surface area contributed by atoms with Gasteiger partial charge in [0.05, 0.1) is 33.8 Å². The average Bonchev–Trinajstić information content (AvgIpc) is 3.00. The molecule has 2 fully saturated rings. The van der Waals surface area contributed by atoms with Gasteiger partial charge < -0.3 is 10.1 Å². The average molecular weight is 517 g/mol. The molecule has 0 radical (unpaired) electrons. The van der Waals surface area contributed by atoms with Crippen molar-refractivity contribution < 1.29 is 23.9 Å². The molecule has 1 heterocycles. The Hall–Kier alpha value is -2.74. The molecule has 9 heteroatoms. The smallest absolute Gasteiger partial charge is 0.338 e. The van der Waals surface area contributed by atoms with Gasteiger partial charge in [0, 0.05) is 11.6 Å². The first kappa shape index (κ1) is 25.4. The lowest BCUT2D eigenvalue weighted by Crippen LogP contribution is -2.43. The largest absolute Gasteiger partial charge is 0.454 e. The highest BCUT2D eigenvalue weighted by atomic mass is 35.5. The molecule has 184 valence electrons. The number of amides is 2. The van der Waals surface area contributed by atoms with E-state index in [1.54, 1.807) is 0 Å². The van der Waals surface area contributed by atoms with E-state index in [1.165, 1.54) is 55.3 Å². The van der Waals surface area contributed by atoms with E-state index in [0.717, 1.165) is 30.6 Å². The molecule has 2 aromatic rings. The molecule has 4 rings (SSSR count). The number of Topliss-reactive ketones (excluding diaryl/α,β-unsaturated/α-hetero) is 1. The van der Waals surface area contributed by atoms with Crippen LogP contribution in [0.3, 0.4) is 0 Å². The van der Waals surface area contributed by atoms with Crippen LogP contribution in [0.2, 0.25) is 10.0 Å². The maximum atomic E-state index is 12.9. The summed E-state index contributed by atoms with van der Waals surface area (Å²) in [6, 6.07) is 10.1. The van der Waals surface area contributed by atoms with Crippen LogP contribution in [0, 0.1) is 0 Å². The minimum atomic E-state index is -0.697. The summed E-state index contributed by atoms with van der Waals surface area (Å²) in [4.78, 5) is 51.4. The van der Waals surface area contributed by atoms with E-state index in [0.29, 0.717) is 10.7 Å². The minimum Gasteiger partial charge on any atom is -0.454 e. The molecule has 1 atom stereocenters. The number of carbonyl (C=O) groups is 4. The molecule has 1 aliphatic heterocycles. The van der Waals surface area contributed by atoms with Crippen LogP contribution in [0.4, 0.5) is 5.69 Å². The molecule has 2 aromatic carbocycles. The molecule has 1 saturated carbocycles. The monoisotopic (exact) mass is 516 g/mol. The summed E-state index contributed by atoms with van der Waals surface area (Å²) in [5, 5.41) is 3.94. The second kappa shape index (κ2) is 11.3. The molecular weight excluding hydrogens is 491 g/mol. The molecule has 0 aromatic heterocycles. The Bertz CT molecular complexity index is 1130. The lowest BCUT2D eigenvalue weighted by molar-refractivity contribution is -0.121. The van der Waals surface area contributed by atoms with Gasteiger partial charge in [0.2, 0.25) is 5.91 Å². The SMILES string of the molecule is O=C(COC(=O)c1ccc(N2C(=O)CC(NC3CCCCCC3)C2=O)cc1)c1ccc(Cl)c(Cl)c1. The molecule has 7 nitrogen and oxygen atoms in total. The summed E-state index contributed by atoms with van der Waals surface area (Å²) in [7, 11) is 0. The van der Waals surface area contributed by atoms with E-state index in [4.69, 9.17) is 27.9 Å². The number of imide groups is 1. The number of nitrogens with zero attached hydrogens (tertiary/aromatic N) is 1. The number of anilines is 1. The second-order valence-corrected chi connectivity index (χ2v) is 9.67. The Morgan fingerprint density at radius 2 is 1.57 bits per heavy atom. The Balaban J connectivity index is 1.34. The van der Waals surface area contributed by atoms with Gasteiger partial charge in [-0.1, -0.05) is 48.9 Å². The van der Waals surface area contributed by atoms with Gasteiger partial charge in [-0.15, -0.1) is 0 Å². The fraction of sp³-hybridized carbons (Fsp3) is 0.385. The van der Waals surface area contributed by atoms with Crippen LogP contribution < -0.4 is 10.2 Å². The minimum absolute atomic E-state index is 0.121. The number of nitrogens with one attached hydrogen (secondary N) is 1. The van der Waals surface area contributed by atoms with Gasteiger partial charge in [0.1, 0.15) is 0 Å². The molecule has 2 amide bonds. The molecule has 1 saturated heterocycles. The number of benzene rings is 2. The fourth-order valence-corrected chi connectivity index (χ4v) is 4.78. The Morgan fingerprint density at radius 1 is 0.914 bits per heavy atom. The summed E-state index contributed by atoms with van der Waals surface area (Å²) in [6.07, 6.45) is 6.83. The summed E-state index contributed by atoms with van der Waals surface area (Å²) in [5.41, 5.74) is 0.872. The third-order valence-electron chi connectivity index (χ3n) is 6.38. The lowest BCUT2D eigenvalue weighted by Gasteiger charge is -2.21. The highest BCUT2D eigenvalue weighted by Gasteiger charge is 2.40. The van der Waals surface area contributed by atoms with Crippen molar-refractivity contribution in [3.63, 3.8) is 0 Å². The van der Waals surface area contributed by atoms with Crippen molar-refractivity contribution in [1.29, 1.82) is 0 Å². The number of rotatable bonds is 7. The zero-order chi connectivity index (χ0) is 24.9. The molecular formula is C26H26Cl2N2O5. The van der Waals surface area contributed by atoms with Crippen LogP contribution in [-0.4, -0.2) is 42.3 Å². The summed E-state index contributed by atoms with van der Waals surface area (Å²) in [6.45, 7) is -0.462. The number of ether oxygens (including phenoxy) is 1. The first-order valence-electron chi connectivity index (χ1n) is 11.7. The van der Waals surface area contributed by atoms with E-state index in [2.05, 4.69) is 5.32 Å². The number of halogens is 2. The van der Waals surface area contributed by atoms with E-state index in [1.807, 2.05) is 0 Å². The predicted molar refractivity (Wildman–Crippen MR) is 133 cm³/mol. The number of ketones is 1. The van der Waals surface area contributed by atoms with Gasteiger partial charge in [-0.05, 0) is 55.3 Å². The highest BCUT2D eigenvalue weighted by Crippen LogP contribution is 2.26. The van der Waals surface area contributed by atoms with Crippen LogP contribution in [0.15, 0.2) is 42.5 Å². The molecule has 35 heavy (non-hydrogen) atoms. The molecule has 0 bridgehead atoms. The van der Waals surface area contributed by atoms with Gasteiger partial charge in [0.25, 0.3) is 5.91 Å². The first-order chi connectivity index (χ1) is 16.8. The quantitative estimate of drug-likeness (QED) is 0.241. The van der Waals surface area contributed by atoms with Crippen molar-refractivity contribution in [1.82, 2.24) is 5.32 Å². The Kier molecular flexibility index (Phi) is 8.21. The number of carbonyl (C=O) groups excluding carboxylic acids is 4. The van der Waals surface area contributed by atoms with Crippen LogP contribution in [0.1, 0.15) is 65.7 Å². The van der Waals surface area contributed by atoms with Crippen molar-refractivity contribution in [2.75, 3.05) is 11.5 Å². The highest BCUT2D eigenvalue weighted by molar-refractivity contribution is 6.42. The van der Waals surface area contributed by atoms with Crippen molar-refractivity contribution in [3.05, 3.63) is 63.6 Å². The van der Waals surface area contributed by atoms with E-state index in [-0.39, 0.29) is 40.4 Å². The Labute approximate surface area is 213 Å². The van der Waals surface area contributed by atoms with Crippen molar-refractivity contribution in [3.8, 4) is 0 Å². The lowest BCUT2D eigenvalue weighted by atomic mass is 10.1. The van der Waals surface area contributed by atoms with Crippen molar-refractivity contribution in [2.45, 2.75) is 57.0 Å². The van der Waals surface area contributed by atoms with Crippen LogP contribution in [0.25, 0.3) is 0 Å². The first-order valence-corrected chi connectivity index (χ1v) is 12.5. The van der Waals surface area contributed by atoms with Crippen molar-refractivity contribution >= 4 is 52.5 Å². The third-order valence-corrected chi connectivity index (χ3v) is 7.11. The van der Waals surface area contributed by atoms with Crippen LogP contribution in [-0.2, 0) is 14.3 Å². The van der Waals surface area contributed by atoms with Crippen molar-refractivity contribution in [2.24, 2.45) is 0 Å². The van der Waals surface area contributed by atoms with Crippen LogP contribution in [0.5, 0.6) is 0 Å². The third kappa shape index (κ3) is 6.10. The molecule has 0 spiro atoms. The van der Waals surface area contributed by atoms with Crippen LogP contribution >= 0.6 is 23.2 Å². The number of hydrogen-bond donors (Lipinski definition) is 1. The second-order valence-electron chi connectivity index (χ2n) is 8.85. The van der Waals surface area contributed by atoms with Gasteiger partial charge in [-0.2, -0.15) is 0 Å². The normalized spacial score (nSPS) is 19.0. The topological polar surface area (TPSA) is 92.8 Å². The zero-order valence-corrected chi connectivity index (χ0v) is 20.6. The molecule has 1 unspecified atom stereocenters. The zero-order valence-electron chi connectivity index (χ0n) is 19.1. The Morgan fingerprint density at radius 3 is 2.23 bits per heavy atom. The number of esters is 1. The molecule has 1 N–H and O–H groups in total. The maximum Gasteiger partial charge on any atom is 0.338 e. The van der Waals surface area contributed by atoms with Gasteiger partial charge in [-0.25, -0.2) is 9.69 Å². The number of hydrogen-bond acceptors (Lipinski definition) is 6. The maximum absolute atomic E-state index is 12.9. The predicted octanol–water partition coefficient (Wildman–Crippen LogP) is 4.98. The molecule has 1 aliphatic carbocycles. The molecule has 2 aliphatic rings. The van der Waals surface area contributed by atoms with Gasteiger partial charge in [-0.3, -0.25) is 14.4 Å². The summed E-state index contributed by atoms with van der Waals surface area (Å²) in [5.74, 6) is -1.67.